The van der Waals surface area contributed by atoms with Gasteiger partial charge in [0.25, 0.3) is 0 Å². The van der Waals surface area contributed by atoms with Crippen LogP contribution in [0.2, 0.25) is 0 Å². The Hall–Kier alpha value is -2.40. The number of unbranched alkanes of at least 4 members (excludes halogenated alkanes) is 2. The lowest BCUT2D eigenvalue weighted by Crippen LogP contribution is -2.34. The van der Waals surface area contributed by atoms with Gasteiger partial charge in [-0.05, 0) is 90.8 Å². The van der Waals surface area contributed by atoms with Crippen LogP contribution in [-0.4, -0.2) is 59.3 Å². The highest BCUT2D eigenvalue weighted by atomic mass is 127. The lowest BCUT2D eigenvalue weighted by Gasteiger charge is -2.31. The molecule has 2 N–H and O–H groups in total. The number of hydrogen-bond acceptors (Lipinski definition) is 6. The number of carboxylic acids is 1. The summed E-state index contributed by atoms with van der Waals surface area (Å²) in [5, 5.41) is 19.0. The van der Waals surface area contributed by atoms with Gasteiger partial charge in [-0.3, -0.25) is 19.3 Å². The molecule has 2 heterocycles. The van der Waals surface area contributed by atoms with Crippen LogP contribution in [0.15, 0.2) is 28.9 Å². The minimum absolute atomic E-state index is 0.0517. The molecule has 9 heteroatoms. The van der Waals surface area contributed by atoms with E-state index in [4.69, 9.17) is 14.6 Å². The molecule has 0 aromatic heterocycles. The van der Waals surface area contributed by atoms with Gasteiger partial charge in [0.1, 0.15) is 0 Å². The molecule has 3 aliphatic rings. The molecule has 1 aromatic rings. The van der Waals surface area contributed by atoms with Crippen LogP contribution < -0.4 is 4.74 Å². The van der Waals surface area contributed by atoms with Gasteiger partial charge in [-0.2, -0.15) is 0 Å². The van der Waals surface area contributed by atoms with Crippen molar-refractivity contribution in [2.75, 3.05) is 20.3 Å². The molecular weight excluding hydrogens is 625 g/mol. The van der Waals surface area contributed by atoms with Gasteiger partial charge in [-0.1, -0.05) is 37.5 Å². The first-order valence-corrected chi connectivity index (χ1v) is 15.4. The maximum Gasteiger partial charge on any atom is 0.303 e. The number of likely N-dealkylation sites (tertiary alicyclic amines) is 1. The highest BCUT2D eigenvalue weighted by Gasteiger charge is 2.56. The zero-order chi connectivity index (χ0) is 29.0. The van der Waals surface area contributed by atoms with E-state index in [2.05, 4.69) is 42.5 Å². The van der Waals surface area contributed by atoms with Gasteiger partial charge >= 0.3 is 5.97 Å². The van der Waals surface area contributed by atoms with E-state index in [0.717, 1.165) is 34.8 Å². The number of imide groups is 1. The van der Waals surface area contributed by atoms with Crippen LogP contribution in [0.4, 0.5) is 0 Å². The Bertz CT molecular complexity index is 1210. The van der Waals surface area contributed by atoms with Crippen LogP contribution in [0, 0.1) is 21.3 Å². The third-order valence-electron chi connectivity index (χ3n) is 8.62. The molecule has 0 bridgehead atoms. The molecule has 218 valence electrons. The summed E-state index contributed by atoms with van der Waals surface area (Å²) in [5.41, 5.74) is 4.75. The number of nitrogens with zero attached hydrogens (tertiary/aromatic N) is 1. The predicted molar refractivity (Wildman–Crippen MR) is 160 cm³/mol. The first kappa shape index (κ1) is 30.6. The Morgan fingerprint density at radius 2 is 1.93 bits per heavy atom. The third-order valence-corrected chi connectivity index (χ3v) is 9.44. The number of hydrogen-bond donors (Lipinski definition) is 2. The summed E-state index contributed by atoms with van der Waals surface area (Å²) in [6.45, 7) is 5.08. The summed E-state index contributed by atoms with van der Waals surface area (Å²) < 4.78 is 12.4. The molecule has 2 fully saturated rings. The fourth-order valence-corrected chi connectivity index (χ4v) is 7.18. The number of carbonyl (C=O) groups excluding carboxylic acids is 2. The number of aliphatic carboxylic acids is 1. The number of amides is 2. The van der Waals surface area contributed by atoms with E-state index >= 15 is 0 Å². The lowest BCUT2D eigenvalue weighted by atomic mass is 9.69. The molecule has 1 aromatic carbocycles. The summed E-state index contributed by atoms with van der Waals surface area (Å²) in [6, 6.07) is 3.78. The first-order chi connectivity index (χ1) is 19.2. The summed E-state index contributed by atoms with van der Waals surface area (Å²) in [4.78, 5) is 39.0. The minimum Gasteiger partial charge on any atom is -0.504 e. The molecule has 40 heavy (non-hydrogen) atoms. The van der Waals surface area contributed by atoms with Gasteiger partial charge in [0.05, 0.1) is 35.2 Å². The van der Waals surface area contributed by atoms with Crippen molar-refractivity contribution in [1.29, 1.82) is 0 Å². The number of methoxy groups -OCH3 is 1. The van der Waals surface area contributed by atoms with Gasteiger partial charge in [0.2, 0.25) is 11.8 Å². The van der Waals surface area contributed by atoms with Gasteiger partial charge in [-0.25, -0.2) is 0 Å². The number of phenolic OH excluding ortho intramolecular Hbond substituents is 1. The number of aromatic hydroxyl groups is 1. The molecular formula is C31H40INO7. The zero-order valence-electron chi connectivity index (χ0n) is 23.6. The van der Waals surface area contributed by atoms with E-state index in [-0.39, 0.29) is 47.8 Å². The number of benzene rings is 1. The Morgan fingerprint density at radius 3 is 2.60 bits per heavy atom. The van der Waals surface area contributed by atoms with E-state index in [1.165, 1.54) is 21.6 Å². The number of carbonyl (C=O) groups is 3. The number of allylic oxidation sites excluding steroid dienone is 2. The summed E-state index contributed by atoms with van der Waals surface area (Å²) >= 11 is 2.10. The molecule has 4 atom stereocenters. The standard InChI is InChI=1S/C31H40INO7/c1-4-18(13-19-14-23(32)29(36)25(15-19)39-3)10-11-24-27-20(5-2)16-21-28(22(27)17-40-24)31(38)33(30(21)37)12-8-6-7-9-26(34)35/h13-15,21-22,24,28,36H,4-12,16-17H2,1-3H3,(H,34,35)/b18-13+/t21-,22+,24-,28-/m1/s1. The zero-order valence-corrected chi connectivity index (χ0v) is 25.7. The van der Waals surface area contributed by atoms with Crippen molar-refractivity contribution in [2.24, 2.45) is 17.8 Å². The van der Waals surface area contributed by atoms with Crippen LogP contribution in [-0.2, 0) is 19.1 Å². The normalized spacial score (nSPS) is 24.5. The molecule has 2 amide bonds. The van der Waals surface area contributed by atoms with Gasteiger partial charge in [-0.15, -0.1) is 0 Å². The summed E-state index contributed by atoms with van der Waals surface area (Å²) in [7, 11) is 1.55. The Labute approximate surface area is 249 Å². The first-order valence-electron chi connectivity index (χ1n) is 14.4. The van der Waals surface area contributed by atoms with Gasteiger partial charge in [0, 0.05) is 18.9 Å². The molecule has 0 unspecified atom stereocenters. The number of rotatable bonds is 13. The van der Waals surface area contributed by atoms with Crippen LogP contribution in [0.3, 0.4) is 0 Å². The van der Waals surface area contributed by atoms with Crippen LogP contribution in [0.1, 0.15) is 77.2 Å². The summed E-state index contributed by atoms with van der Waals surface area (Å²) in [6.07, 6.45) is 8.07. The maximum atomic E-state index is 13.5. The highest BCUT2D eigenvalue weighted by Crippen LogP contribution is 2.50. The van der Waals surface area contributed by atoms with Crippen molar-refractivity contribution in [3.8, 4) is 11.5 Å². The van der Waals surface area contributed by atoms with Crippen LogP contribution >= 0.6 is 22.6 Å². The Balaban J connectivity index is 1.45. The largest absolute Gasteiger partial charge is 0.504 e. The average Bonchev–Trinajstić information content (AvgIpc) is 3.46. The molecule has 0 spiro atoms. The van der Waals surface area contributed by atoms with E-state index in [1.807, 2.05) is 12.1 Å². The summed E-state index contributed by atoms with van der Waals surface area (Å²) in [5.74, 6) is -1.09. The molecule has 1 aliphatic carbocycles. The van der Waals surface area contributed by atoms with Gasteiger partial charge in [0.15, 0.2) is 11.5 Å². The van der Waals surface area contributed by atoms with Crippen molar-refractivity contribution >= 4 is 46.5 Å². The van der Waals surface area contributed by atoms with Crippen LogP contribution in [0.25, 0.3) is 6.08 Å². The van der Waals surface area contributed by atoms with E-state index in [0.29, 0.717) is 44.6 Å². The molecule has 0 saturated carbocycles. The SMILES string of the molecule is CCC1=C2[C@@H](CC/C(=C/c3cc(I)c(O)c(OC)c3)CC)OC[C@@H]2[C@@H]2C(=O)N(CCCCCC(=O)O)C(=O)[C@@H]2C1. The van der Waals surface area contributed by atoms with E-state index in [1.54, 1.807) is 7.11 Å². The lowest BCUT2D eigenvalue weighted by molar-refractivity contribution is -0.141. The topological polar surface area (TPSA) is 113 Å². The van der Waals surface area contributed by atoms with E-state index < -0.39 is 5.97 Å². The van der Waals surface area contributed by atoms with Gasteiger partial charge < -0.3 is 19.7 Å². The van der Waals surface area contributed by atoms with Crippen molar-refractivity contribution < 1.29 is 34.1 Å². The maximum absolute atomic E-state index is 13.5. The third kappa shape index (κ3) is 6.40. The molecule has 8 nitrogen and oxygen atoms in total. The minimum atomic E-state index is -0.822. The fourth-order valence-electron chi connectivity index (χ4n) is 6.56. The number of phenols is 1. The number of halogens is 1. The highest BCUT2D eigenvalue weighted by molar-refractivity contribution is 14.1. The Kier molecular flexibility index (Phi) is 10.3. The smallest absolute Gasteiger partial charge is 0.303 e. The Morgan fingerprint density at radius 1 is 1.15 bits per heavy atom. The molecule has 0 radical (unpaired) electrons. The van der Waals surface area contributed by atoms with E-state index in [9.17, 15) is 19.5 Å². The second-order valence-corrected chi connectivity index (χ2v) is 12.1. The molecule has 4 rings (SSSR count). The van der Waals surface area contributed by atoms with Crippen molar-refractivity contribution in [3.05, 3.63) is 38.0 Å². The monoisotopic (exact) mass is 665 g/mol. The number of ether oxygens (including phenoxy) is 2. The van der Waals surface area contributed by atoms with Crippen molar-refractivity contribution in [2.45, 2.75) is 77.7 Å². The number of fused-ring (bicyclic) bond motifs is 3. The quantitative estimate of drug-likeness (QED) is 0.116. The average molecular weight is 666 g/mol. The van der Waals surface area contributed by atoms with Crippen LogP contribution in [0.5, 0.6) is 11.5 Å². The molecule has 2 saturated heterocycles. The fraction of sp³-hybridized carbons (Fsp3) is 0.581. The second-order valence-electron chi connectivity index (χ2n) is 11.0. The van der Waals surface area contributed by atoms with Crippen molar-refractivity contribution in [1.82, 2.24) is 4.90 Å². The predicted octanol–water partition coefficient (Wildman–Crippen LogP) is 5.95. The molecule has 2 aliphatic heterocycles. The number of carboxylic acid groups (broad SMARTS) is 1. The second kappa shape index (κ2) is 13.5. The van der Waals surface area contributed by atoms with Crippen molar-refractivity contribution in [3.63, 3.8) is 0 Å².